The molecule has 8 heavy (non-hydrogen) atoms. The van der Waals surface area contributed by atoms with Crippen LogP contribution in [0.5, 0.6) is 0 Å². The number of hydrogen-bond acceptors (Lipinski definition) is 0. The molecule has 0 bridgehead atoms. The smallest absolute Gasteiger partial charge is 0.0316 e. The van der Waals surface area contributed by atoms with Gasteiger partial charge in [-0.15, -0.1) is 0 Å². The minimum Gasteiger partial charge on any atom is -0.0917 e. The molecule has 0 aromatic carbocycles. The van der Waals surface area contributed by atoms with E-state index in [1.54, 1.807) is 0 Å². The topological polar surface area (TPSA) is 0 Å². The Morgan fingerprint density at radius 1 is 1.25 bits per heavy atom. The molecule has 0 aliphatic rings. The maximum absolute atomic E-state index is 3.58. The molecule has 0 rings (SSSR count). The third kappa shape index (κ3) is 5.48. The quantitative estimate of drug-likeness (QED) is 0.386. The molecular weight excluding hydrogens is 96.1 g/mol. The van der Waals surface area contributed by atoms with Gasteiger partial charge in [-0.2, -0.15) is 0 Å². The lowest BCUT2D eigenvalue weighted by atomic mass is 10.3. The zero-order chi connectivity index (χ0) is 6.24. The molecule has 0 unspecified atom stereocenters. The Morgan fingerprint density at radius 3 is 2.38 bits per heavy atom. The SMILES string of the molecule is [CH2]C=CCC/C=C/C. The van der Waals surface area contributed by atoms with Gasteiger partial charge in [0.1, 0.15) is 0 Å². The van der Waals surface area contributed by atoms with Gasteiger partial charge >= 0.3 is 0 Å². The predicted octanol–water partition coefficient (Wildman–Crippen LogP) is 2.73. The van der Waals surface area contributed by atoms with Gasteiger partial charge in [-0.25, -0.2) is 0 Å². The van der Waals surface area contributed by atoms with Crippen LogP contribution in [0, 0.1) is 6.92 Å². The van der Waals surface area contributed by atoms with Crippen molar-refractivity contribution in [3.8, 4) is 0 Å². The monoisotopic (exact) mass is 109 g/mol. The van der Waals surface area contributed by atoms with E-state index < -0.39 is 0 Å². The van der Waals surface area contributed by atoms with Gasteiger partial charge in [0.05, 0.1) is 0 Å². The fourth-order valence-electron chi connectivity index (χ4n) is 0.477. The maximum Gasteiger partial charge on any atom is -0.0316 e. The van der Waals surface area contributed by atoms with E-state index >= 15 is 0 Å². The molecular formula is C8H13. The van der Waals surface area contributed by atoms with Crippen molar-refractivity contribution in [2.24, 2.45) is 0 Å². The first-order valence-electron chi connectivity index (χ1n) is 2.97. The summed E-state index contributed by atoms with van der Waals surface area (Å²) in [6.07, 6.45) is 10.4. The summed E-state index contributed by atoms with van der Waals surface area (Å²) in [5.41, 5.74) is 0. The van der Waals surface area contributed by atoms with Crippen LogP contribution < -0.4 is 0 Å². The predicted molar refractivity (Wildman–Crippen MR) is 38.5 cm³/mol. The number of allylic oxidation sites excluding steroid dienone is 4. The van der Waals surface area contributed by atoms with E-state index in [0.29, 0.717) is 0 Å². The highest BCUT2D eigenvalue weighted by Crippen LogP contribution is 1.90. The molecule has 0 aliphatic heterocycles. The molecule has 0 nitrogen and oxygen atoms in total. The summed E-state index contributed by atoms with van der Waals surface area (Å²) in [6, 6.07) is 0. The van der Waals surface area contributed by atoms with Crippen LogP contribution in [0.15, 0.2) is 24.3 Å². The largest absolute Gasteiger partial charge is 0.0917 e. The highest BCUT2D eigenvalue weighted by Gasteiger charge is 1.70. The van der Waals surface area contributed by atoms with E-state index in [2.05, 4.69) is 25.2 Å². The van der Waals surface area contributed by atoms with Gasteiger partial charge in [0.2, 0.25) is 0 Å². The fraction of sp³-hybridized carbons (Fsp3) is 0.375. The van der Waals surface area contributed by atoms with Gasteiger partial charge in [-0.1, -0.05) is 24.3 Å². The summed E-state index contributed by atoms with van der Waals surface area (Å²) in [4.78, 5) is 0. The normalized spacial score (nSPS) is 11.8. The Bertz CT molecular complexity index is 66.0. The van der Waals surface area contributed by atoms with Crippen LogP contribution in [-0.2, 0) is 0 Å². The molecule has 0 atom stereocenters. The van der Waals surface area contributed by atoms with E-state index in [1.165, 1.54) is 0 Å². The first-order valence-corrected chi connectivity index (χ1v) is 2.97. The van der Waals surface area contributed by atoms with Gasteiger partial charge in [0.15, 0.2) is 0 Å². The molecule has 0 saturated heterocycles. The van der Waals surface area contributed by atoms with Crippen molar-refractivity contribution in [3.63, 3.8) is 0 Å². The van der Waals surface area contributed by atoms with E-state index in [1.807, 2.05) is 13.0 Å². The van der Waals surface area contributed by atoms with E-state index in [4.69, 9.17) is 0 Å². The summed E-state index contributed by atoms with van der Waals surface area (Å²) in [6.45, 7) is 5.61. The van der Waals surface area contributed by atoms with Gasteiger partial charge < -0.3 is 0 Å². The van der Waals surface area contributed by atoms with Crippen molar-refractivity contribution in [3.05, 3.63) is 31.2 Å². The fourth-order valence-corrected chi connectivity index (χ4v) is 0.477. The van der Waals surface area contributed by atoms with Crippen LogP contribution >= 0.6 is 0 Å². The molecule has 0 N–H and O–H groups in total. The van der Waals surface area contributed by atoms with Crippen molar-refractivity contribution in [1.29, 1.82) is 0 Å². The summed E-state index contributed by atoms with van der Waals surface area (Å²) in [5, 5.41) is 0. The first-order chi connectivity index (χ1) is 3.91. The van der Waals surface area contributed by atoms with Crippen LogP contribution in [0.2, 0.25) is 0 Å². The van der Waals surface area contributed by atoms with Crippen molar-refractivity contribution in [2.75, 3.05) is 0 Å². The second kappa shape index (κ2) is 6.48. The zero-order valence-corrected chi connectivity index (χ0v) is 5.43. The molecule has 0 heteroatoms. The van der Waals surface area contributed by atoms with Gasteiger partial charge in [-0.05, 0) is 26.7 Å². The Balaban J connectivity index is 2.93. The molecule has 0 heterocycles. The lowest BCUT2D eigenvalue weighted by molar-refractivity contribution is 1.05. The van der Waals surface area contributed by atoms with E-state index in [9.17, 15) is 0 Å². The Morgan fingerprint density at radius 2 is 1.88 bits per heavy atom. The van der Waals surface area contributed by atoms with Crippen LogP contribution in [0.1, 0.15) is 19.8 Å². The molecule has 0 aliphatic carbocycles. The molecule has 0 aromatic rings. The third-order valence-electron chi connectivity index (χ3n) is 0.902. The van der Waals surface area contributed by atoms with Crippen molar-refractivity contribution in [1.82, 2.24) is 0 Å². The standard InChI is InChI=1S/C8H13/c1-3-5-7-8-6-4-2/h3-6H,1,7-8H2,2H3/b5-3?,6-4+. The van der Waals surface area contributed by atoms with E-state index in [-0.39, 0.29) is 0 Å². The average molecular weight is 109 g/mol. The summed E-state index contributed by atoms with van der Waals surface area (Å²) < 4.78 is 0. The van der Waals surface area contributed by atoms with Crippen molar-refractivity contribution >= 4 is 0 Å². The lowest BCUT2D eigenvalue weighted by Gasteiger charge is -1.81. The summed E-state index contributed by atoms with van der Waals surface area (Å²) >= 11 is 0. The second-order valence-corrected chi connectivity index (χ2v) is 1.62. The molecule has 0 saturated carbocycles. The average Bonchev–Trinajstić information content (AvgIpc) is 1.81. The molecule has 0 aromatic heterocycles. The summed E-state index contributed by atoms with van der Waals surface area (Å²) in [5.74, 6) is 0. The number of rotatable bonds is 3. The third-order valence-corrected chi connectivity index (χ3v) is 0.902. The highest BCUT2D eigenvalue weighted by atomic mass is 13.8. The van der Waals surface area contributed by atoms with Crippen molar-refractivity contribution in [2.45, 2.75) is 19.8 Å². The Labute approximate surface area is 51.9 Å². The molecule has 1 radical (unpaired) electrons. The maximum atomic E-state index is 3.58. The van der Waals surface area contributed by atoms with Crippen molar-refractivity contribution < 1.29 is 0 Å². The molecule has 0 amide bonds. The molecule has 45 valence electrons. The van der Waals surface area contributed by atoms with Gasteiger partial charge in [0.25, 0.3) is 0 Å². The number of hydrogen-bond donors (Lipinski definition) is 0. The van der Waals surface area contributed by atoms with Gasteiger partial charge in [0, 0.05) is 0 Å². The first kappa shape index (κ1) is 7.48. The number of unbranched alkanes of at least 4 members (excludes halogenated alkanes) is 1. The minimum absolute atomic E-state index is 1.12. The van der Waals surface area contributed by atoms with Crippen LogP contribution in [0.4, 0.5) is 0 Å². The van der Waals surface area contributed by atoms with E-state index in [0.717, 1.165) is 12.8 Å². The molecule has 0 spiro atoms. The van der Waals surface area contributed by atoms with Crippen LogP contribution in [0.3, 0.4) is 0 Å². The molecule has 0 fully saturated rings. The van der Waals surface area contributed by atoms with Gasteiger partial charge in [-0.3, -0.25) is 0 Å². The lowest BCUT2D eigenvalue weighted by Crippen LogP contribution is -1.60. The van der Waals surface area contributed by atoms with Crippen LogP contribution in [0.25, 0.3) is 0 Å². The second-order valence-electron chi connectivity index (χ2n) is 1.62. The zero-order valence-electron chi connectivity index (χ0n) is 5.43. The Kier molecular flexibility index (Phi) is 6.06. The summed E-state index contributed by atoms with van der Waals surface area (Å²) in [7, 11) is 0. The minimum atomic E-state index is 1.12. The van der Waals surface area contributed by atoms with Crippen LogP contribution in [-0.4, -0.2) is 0 Å². The Hall–Kier alpha value is -0.520. The highest BCUT2D eigenvalue weighted by molar-refractivity contribution is 4.87.